The van der Waals surface area contributed by atoms with E-state index in [4.69, 9.17) is 9.84 Å². The molecule has 0 aliphatic heterocycles. The van der Waals surface area contributed by atoms with E-state index < -0.39 is 5.97 Å². The third-order valence-corrected chi connectivity index (χ3v) is 4.44. The first kappa shape index (κ1) is 15.8. The molecule has 0 radical (unpaired) electrons. The fraction of sp³-hybridized carbons (Fsp3) is 0.588. The molecule has 2 rings (SSSR count). The van der Waals surface area contributed by atoms with Crippen molar-refractivity contribution in [3.63, 3.8) is 0 Å². The van der Waals surface area contributed by atoms with Gasteiger partial charge in [-0.05, 0) is 49.8 Å². The van der Waals surface area contributed by atoms with E-state index >= 15 is 0 Å². The number of hydrogen-bond acceptors (Lipinski definition) is 3. The van der Waals surface area contributed by atoms with Crippen molar-refractivity contribution in [2.75, 3.05) is 7.11 Å². The zero-order chi connectivity index (χ0) is 15.2. The molecule has 1 aliphatic rings. The largest absolute Gasteiger partial charge is 0.497 e. The van der Waals surface area contributed by atoms with Gasteiger partial charge in [0.1, 0.15) is 5.75 Å². The maximum absolute atomic E-state index is 11.0. The van der Waals surface area contributed by atoms with Crippen LogP contribution >= 0.6 is 0 Å². The number of rotatable bonds is 6. The Kier molecular flexibility index (Phi) is 5.62. The van der Waals surface area contributed by atoms with Crippen LogP contribution in [-0.4, -0.2) is 24.2 Å². The molecule has 1 aromatic rings. The van der Waals surface area contributed by atoms with Crippen LogP contribution in [0.4, 0.5) is 0 Å². The third-order valence-electron chi connectivity index (χ3n) is 4.44. The number of carboxylic acids is 1. The van der Waals surface area contributed by atoms with Crippen LogP contribution in [0.5, 0.6) is 5.75 Å². The van der Waals surface area contributed by atoms with Crippen molar-refractivity contribution in [1.29, 1.82) is 0 Å². The van der Waals surface area contributed by atoms with E-state index in [0.29, 0.717) is 12.1 Å². The number of methoxy groups -OCH3 is 1. The van der Waals surface area contributed by atoms with Crippen molar-refractivity contribution in [3.8, 4) is 5.75 Å². The molecule has 1 atom stereocenters. The minimum absolute atomic E-state index is 0.149. The highest BCUT2D eigenvalue weighted by molar-refractivity contribution is 5.70. The molecular formula is C17H25NO3. The van der Waals surface area contributed by atoms with E-state index in [1.54, 1.807) is 7.11 Å². The summed E-state index contributed by atoms with van der Waals surface area (Å²) < 4.78 is 5.19. The molecule has 116 valence electrons. The maximum Gasteiger partial charge on any atom is 0.306 e. The third kappa shape index (κ3) is 4.21. The Labute approximate surface area is 126 Å². The second-order valence-electron chi connectivity index (χ2n) is 5.79. The molecule has 4 heteroatoms. The highest BCUT2D eigenvalue weighted by Crippen LogP contribution is 2.28. The summed E-state index contributed by atoms with van der Waals surface area (Å²) in [5, 5.41) is 12.7. The average molecular weight is 291 g/mol. The van der Waals surface area contributed by atoms with Crippen LogP contribution in [0, 0.1) is 5.92 Å². The lowest BCUT2D eigenvalue weighted by molar-refractivity contribution is -0.142. The van der Waals surface area contributed by atoms with Gasteiger partial charge in [0.25, 0.3) is 0 Å². The van der Waals surface area contributed by atoms with Crippen LogP contribution in [0.3, 0.4) is 0 Å². The zero-order valence-electron chi connectivity index (χ0n) is 12.8. The second-order valence-corrected chi connectivity index (χ2v) is 5.79. The normalized spacial score (nSPS) is 23.5. The van der Waals surface area contributed by atoms with E-state index in [1.807, 2.05) is 12.1 Å². The lowest BCUT2D eigenvalue weighted by Gasteiger charge is -2.30. The number of nitrogens with one attached hydrogen (secondary N) is 1. The minimum Gasteiger partial charge on any atom is -0.497 e. The summed E-state index contributed by atoms with van der Waals surface area (Å²) in [7, 11) is 1.67. The highest BCUT2D eigenvalue weighted by atomic mass is 16.5. The fourth-order valence-corrected chi connectivity index (χ4v) is 3.08. The highest BCUT2D eigenvalue weighted by Gasteiger charge is 2.27. The van der Waals surface area contributed by atoms with Gasteiger partial charge in [-0.1, -0.05) is 19.1 Å². The van der Waals surface area contributed by atoms with Gasteiger partial charge in [0.2, 0.25) is 0 Å². The van der Waals surface area contributed by atoms with E-state index in [9.17, 15) is 4.79 Å². The Bertz CT molecular complexity index is 450. The first-order valence-electron chi connectivity index (χ1n) is 7.76. The van der Waals surface area contributed by atoms with Crippen molar-refractivity contribution in [2.24, 2.45) is 5.92 Å². The lowest BCUT2D eigenvalue weighted by atomic mass is 9.85. The molecule has 1 unspecified atom stereocenters. The van der Waals surface area contributed by atoms with Gasteiger partial charge in [-0.15, -0.1) is 0 Å². The molecule has 0 amide bonds. The Morgan fingerprint density at radius 1 is 1.29 bits per heavy atom. The van der Waals surface area contributed by atoms with Crippen LogP contribution in [0.1, 0.15) is 50.6 Å². The number of carbonyl (C=O) groups is 1. The standard InChI is InChI=1S/C17H25NO3/c1-3-16(12-6-10-15(21-2)11-7-12)18-14-8-4-13(5-9-14)17(19)20/h6-7,10-11,13-14,16,18H,3-5,8-9H2,1-2H3,(H,19,20). The van der Waals surface area contributed by atoms with Crippen molar-refractivity contribution in [1.82, 2.24) is 5.32 Å². The second kappa shape index (κ2) is 7.46. The number of carboxylic acid groups (broad SMARTS) is 1. The van der Waals surface area contributed by atoms with Crippen LogP contribution < -0.4 is 10.1 Å². The summed E-state index contributed by atoms with van der Waals surface area (Å²) in [4.78, 5) is 11.0. The Balaban J connectivity index is 1.91. The molecule has 1 fully saturated rings. The van der Waals surface area contributed by atoms with Crippen molar-refractivity contribution in [3.05, 3.63) is 29.8 Å². The monoisotopic (exact) mass is 291 g/mol. The van der Waals surface area contributed by atoms with E-state index in [1.165, 1.54) is 5.56 Å². The van der Waals surface area contributed by atoms with Crippen molar-refractivity contribution in [2.45, 2.75) is 51.1 Å². The van der Waals surface area contributed by atoms with E-state index in [2.05, 4.69) is 24.4 Å². The van der Waals surface area contributed by atoms with Gasteiger partial charge in [-0.3, -0.25) is 4.79 Å². The first-order valence-corrected chi connectivity index (χ1v) is 7.76. The molecule has 0 aromatic heterocycles. The smallest absolute Gasteiger partial charge is 0.306 e. The van der Waals surface area contributed by atoms with Gasteiger partial charge in [-0.25, -0.2) is 0 Å². The quantitative estimate of drug-likeness (QED) is 0.843. The zero-order valence-corrected chi connectivity index (χ0v) is 12.8. The van der Waals surface area contributed by atoms with Crippen LogP contribution in [0.15, 0.2) is 24.3 Å². The Morgan fingerprint density at radius 2 is 1.90 bits per heavy atom. The molecule has 0 spiro atoms. The number of ether oxygens (including phenoxy) is 1. The summed E-state index contributed by atoms with van der Waals surface area (Å²) in [5.41, 5.74) is 1.26. The first-order chi connectivity index (χ1) is 10.1. The Hall–Kier alpha value is -1.55. The molecule has 1 aromatic carbocycles. The predicted octanol–water partition coefficient (Wildman–Crippen LogP) is 3.38. The number of hydrogen-bond donors (Lipinski definition) is 2. The van der Waals surface area contributed by atoms with Crippen molar-refractivity contribution >= 4 is 5.97 Å². The average Bonchev–Trinajstić information content (AvgIpc) is 2.53. The van der Waals surface area contributed by atoms with E-state index in [0.717, 1.165) is 37.9 Å². The molecular weight excluding hydrogens is 266 g/mol. The van der Waals surface area contributed by atoms with Gasteiger partial charge < -0.3 is 15.2 Å². The minimum atomic E-state index is -0.643. The summed E-state index contributed by atoms with van der Waals surface area (Å²) in [6.45, 7) is 2.17. The van der Waals surface area contributed by atoms with Gasteiger partial charge in [0.15, 0.2) is 0 Å². The van der Waals surface area contributed by atoms with Gasteiger partial charge in [0.05, 0.1) is 13.0 Å². The summed E-state index contributed by atoms with van der Waals surface area (Å²) in [5.74, 6) is 0.0790. The summed E-state index contributed by atoms with van der Waals surface area (Å²) in [6, 6.07) is 8.92. The Morgan fingerprint density at radius 3 is 2.38 bits per heavy atom. The van der Waals surface area contributed by atoms with Crippen LogP contribution in [0.2, 0.25) is 0 Å². The molecule has 2 N–H and O–H groups in total. The number of benzene rings is 1. The fourth-order valence-electron chi connectivity index (χ4n) is 3.08. The number of aliphatic carboxylic acids is 1. The molecule has 0 heterocycles. The molecule has 0 saturated heterocycles. The summed E-state index contributed by atoms with van der Waals surface area (Å²) in [6.07, 6.45) is 4.48. The lowest BCUT2D eigenvalue weighted by Crippen LogP contribution is -2.37. The molecule has 1 aliphatic carbocycles. The molecule has 4 nitrogen and oxygen atoms in total. The van der Waals surface area contributed by atoms with Gasteiger partial charge in [-0.2, -0.15) is 0 Å². The SMILES string of the molecule is CCC(NC1CCC(C(=O)O)CC1)c1ccc(OC)cc1. The predicted molar refractivity (Wildman–Crippen MR) is 82.5 cm³/mol. The van der Waals surface area contributed by atoms with Crippen LogP contribution in [0.25, 0.3) is 0 Å². The molecule has 21 heavy (non-hydrogen) atoms. The topological polar surface area (TPSA) is 58.6 Å². The van der Waals surface area contributed by atoms with Crippen LogP contribution in [-0.2, 0) is 4.79 Å². The summed E-state index contributed by atoms with van der Waals surface area (Å²) >= 11 is 0. The van der Waals surface area contributed by atoms with E-state index in [-0.39, 0.29) is 5.92 Å². The maximum atomic E-state index is 11.0. The van der Waals surface area contributed by atoms with Gasteiger partial charge >= 0.3 is 5.97 Å². The molecule has 1 saturated carbocycles. The van der Waals surface area contributed by atoms with Crippen molar-refractivity contribution < 1.29 is 14.6 Å². The van der Waals surface area contributed by atoms with Gasteiger partial charge in [0, 0.05) is 12.1 Å². The molecule has 0 bridgehead atoms.